The van der Waals surface area contributed by atoms with Crippen LogP contribution in [0, 0.1) is 6.92 Å². The number of nitrogens with zero attached hydrogens (tertiary/aromatic N) is 2. The summed E-state index contributed by atoms with van der Waals surface area (Å²) in [6, 6.07) is 5.60. The maximum atomic E-state index is 9.11. The minimum atomic E-state index is -0.0614. The second-order valence-corrected chi connectivity index (χ2v) is 4.23. The molecule has 5 nitrogen and oxygen atoms in total. The van der Waals surface area contributed by atoms with E-state index < -0.39 is 0 Å². The van der Waals surface area contributed by atoms with Crippen LogP contribution < -0.4 is 10.1 Å². The molecule has 2 N–H and O–H groups in total. The summed E-state index contributed by atoms with van der Waals surface area (Å²) in [5.41, 5.74) is 0.857. The molecule has 0 aliphatic rings. The van der Waals surface area contributed by atoms with Crippen molar-refractivity contribution in [3.8, 4) is 5.75 Å². The van der Waals surface area contributed by atoms with Crippen molar-refractivity contribution in [3.05, 3.63) is 24.0 Å². The van der Waals surface area contributed by atoms with E-state index in [-0.39, 0.29) is 12.6 Å². The lowest BCUT2D eigenvalue weighted by Crippen LogP contribution is -2.20. The van der Waals surface area contributed by atoms with Gasteiger partial charge in [0.25, 0.3) is 0 Å². The number of hydrogen-bond acceptors (Lipinski definition) is 5. The molecule has 0 saturated heterocycles. The largest absolute Gasteiger partial charge is 0.497 e. The van der Waals surface area contributed by atoms with E-state index in [1.807, 2.05) is 32.0 Å². The number of benzene rings is 1. The molecule has 1 aromatic heterocycles. The standard InChI is InChI=1S/C13H17N3O2/c1-8(7-17)14-13-11-6-10(18-3)4-5-12(11)15-9(2)16-13/h4-6,8,17H,7H2,1-3H3,(H,14,15,16)/t8-/m1/s1. The van der Waals surface area contributed by atoms with Gasteiger partial charge in [-0.2, -0.15) is 0 Å². The topological polar surface area (TPSA) is 67.3 Å². The first-order valence-corrected chi connectivity index (χ1v) is 5.84. The molecule has 1 atom stereocenters. The highest BCUT2D eigenvalue weighted by Crippen LogP contribution is 2.25. The second kappa shape index (κ2) is 5.18. The van der Waals surface area contributed by atoms with E-state index in [0.717, 1.165) is 22.5 Å². The first kappa shape index (κ1) is 12.6. The lowest BCUT2D eigenvalue weighted by molar-refractivity contribution is 0.281. The average Bonchev–Trinajstić information content (AvgIpc) is 2.38. The smallest absolute Gasteiger partial charge is 0.138 e. The number of aromatic nitrogens is 2. The van der Waals surface area contributed by atoms with Crippen LogP contribution in [0.5, 0.6) is 5.75 Å². The third-order valence-electron chi connectivity index (χ3n) is 2.67. The minimum Gasteiger partial charge on any atom is -0.497 e. The van der Waals surface area contributed by atoms with Crippen LogP contribution in [0.25, 0.3) is 10.9 Å². The zero-order valence-electron chi connectivity index (χ0n) is 10.8. The van der Waals surface area contributed by atoms with Gasteiger partial charge in [-0.05, 0) is 32.0 Å². The number of aryl methyl sites for hydroxylation is 1. The van der Waals surface area contributed by atoms with E-state index in [4.69, 9.17) is 9.84 Å². The molecule has 0 unspecified atom stereocenters. The predicted molar refractivity (Wildman–Crippen MR) is 71.0 cm³/mol. The van der Waals surface area contributed by atoms with Crippen LogP contribution in [-0.4, -0.2) is 34.8 Å². The lowest BCUT2D eigenvalue weighted by Gasteiger charge is -2.14. The molecule has 0 aliphatic heterocycles. The number of anilines is 1. The Labute approximate surface area is 106 Å². The Morgan fingerprint density at radius 3 is 2.83 bits per heavy atom. The van der Waals surface area contributed by atoms with Gasteiger partial charge in [0.05, 0.1) is 19.2 Å². The molecular formula is C13H17N3O2. The van der Waals surface area contributed by atoms with Crippen LogP contribution in [-0.2, 0) is 0 Å². The van der Waals surface area contributed by atoms with Gasteiger partial charge in [0, 0.05) is 11.4 Å². The summed E-state index contributed by atoms with van der Waals surface area (Å²) in [7, 11) is 1.62. The van der Waals surface area contributed by atoms with Gasteiger partial charge >= 0.3 is 0 Å². The third kappa shape index (κ3) is 2.51. The summed E-state index contributed by atoms with van der Waals surface area (Å²) in [4.78, 5) is 8.75. The van der Waals surface area contributed by atoms with Gasteiger partial charge < -0.3 is 15.2 Å². The Morgan fingerprint density at radius 1 is 1.39 bits per heavy atom. The Morgan fingerprint density at radius 2 is 2.17 bits per heavy atom. The molecule has 1 aromatic carbocycles. The maximum Gasteiger partial charge on any atom is 0.138 e. The second-order valence-electron chi connectivity index (χ2n) is 4.23. The summed E-state index contributed by atoms with van der Waals surface area (Å²) in [5.74, 6) is 2.17. The predicted octanol–water partition coefficient (Wildman–Crippen LogP) is 1.74. The van der Waals surface area contributed by atoms with Crippen LogP contribution >= 0.6 is 0 Å². The van der Waals surface area contributed by atoms with Gasteiger partial charge in [-0.25, -0.2) is 9.97 Å². The van der Waals surface area contributed by atoms with E-state index >= 15 is 0 Å². The number of hydrogen-bond donors (Lipinski definition) is 2. The molecule has 0 radical (unpaired) electrons. The summed E-state index contributed by atoms with van der Waals surface area (Å²) < 4.78 is 5.21. The molecule has 0 saturated carbocycles. The average molecular weight is 247 g/mol. The van der Waals surface area contributed by atoms with Crippen LogP contribution in [0.15, 0.2) is 18.2 Å². The van der Waals surface area contributed by atoms with Crippen LogP contribution in [0.1, 0.15) is 12.7 Å². The summed E-state index contributed by atoms with van der Waals surface area (Å²) in [6.07, 6.45) is 0. The SMILES string of the molecule is COc1ccc2nc(C)nc(N[C@H](C)CO)c2c1. The van der Waals surface area contributed by atoms with Gasteiger partial charge in [-0.1, -0.05) is 0 Å². The lowest BCUT2D eigenvalue weighted by atomic mass is 10.2. The molecule has 0 bridgehead atoms. The number of fused-ring (bicyclic) bond motifs is 1. The Kier molecular flexibility index (Phi) is 3.62. The molecule has 0 fully saturated rings. The fraction of sp³-hybridized carbons (Fsp3) is 0.385. The van der Waals surface area contributed by atoms with Gasteiger partial charge in [-0.3, -0.25) is 0 Å². The molecule has 5 heteroatoms. The van der Waals surface area contributed by atoms with E-state index in [0.29, 0.717) is 5.82 Å². The Balaban J connectivity index is 2.54. The first-order valence-electron chi connectivity index (χ1n) is 5.84. The van der Waals surface area contributed by atoms with E-state index in [1.165, 1.54) is 0 Å². The van der Waals surface area contributed by atoms with Crippen molar-refractivity contribution in [3.63, 3.8) is 0 Å². The van der Waals surface area contributed by atoms with Crippen molar-refractivity contribution in [2.24, 2.45) is 0 Å². The third-order valence-corrected chi connectivity index (χ3v) is 2.67. The zero-order valence-corrected chi connectivity index (χ0v) is 10.8. The van der Waals surface area contributed by atoms with Crippen molar-refractivity contribution in [2.75, 3.05) is 19.0 Å². The first-order chi connectivity index (χ1) is 8.63. The molecule has 96 valence electrons. The van der Waals surface area contributed by atoms with Crippen molar-refractivity contribution in [1.29, 1.82) is 0 Å². The molecule has 0 aliphatic carbocycles. The number of rotatable bonds is 4. The summed E-state index contributed by atoms with van der Waals surface area (Å²) in [5, 5.41) is 13.2. The summed E-state index contributed by atoms with van der Waals surface area (Å²) in [6.45, 7) is 3.79. The normalized spacial score (nSPS) is 12.4. The molecule has 2 aromatic rings. The molecule has 0 spiro atoms. The number of ether oxygens (including phenoxy) is 1. The fourth-order valence-corrected chi connectivity index (χ4v) is 1.74. The van der Waals surface area contributed by atoms with Crippen LogP contribution in [0.3, 0.4) is 0 Å². The number of methoxy groups -OCH3 is 1. The molecule has 0 amide bonds. The number of aliphatic hydroxyl groups excluding tert-OH is 1. The van der Waals surface area contributed by atoms with E-state index in [9.17, 15) is 0 Å². The highest BCUT2D eigenvalue weighted by atomic mass is 16.5. The van der Waals surface area contributed by atoms with Crippen molar-refractivity contribution < 1.29 is 9.84 Å². The number of nitrogens with one attached hydrogen (secondary N) is 1. The summed E-state index contributed by atoms with van der Waals surface area (Å²) >= 11 is 0. The highest BCUT2D eigenvalue weighted by molar-refractivity contribution is 5.90. The van der Waals surface area contributed by atoms with Gasteiger partial charge in [0.15, 0.2) is 0 Å². The Bertz CT molecular complexity index is 557. The van der Waals surface area contributed by atoms with Gasteiger partial charge in [-0.15, -0.1) is 0 Å². The van der Waals surface area contributed by atoms with Crippen molar-refractivity contribution >= 4 is 16.7 Å². The highest BCUT2D eigenvalue weighted by Gasteiger charge is 2.09. The molecule has 1 heterocycles. The Hall–Kier alpha value is -1.88. The zero-order chi connectivity index (χ0) is 13.1. The molecule has 18 heavy (non-hydrogen) atoms. The van der Waals surface area contributed by atoms with E-state index in [1.54, 1.807) is 7.11 Å². The van der Waals surface area contributed by atoms with Gasteiger partial charge in [0.2, 0.25) is 0 Å². The van der Waals surface area contributed by atoms with Crippen molar-refractivity contribution in [2.45, 2.75) is 19.9 Å². The van der Waals surface area contributed by atoms with E-state index in [2.05, 4.69) is 15.3 Å². The van der Waals surface area contributed by atoms with Crippen molar-refractivity contribution in [1.82, 2.24) is 9.97 Å². The van der Waals surface area contributed by atoms with Crippen LogP contribution in [0.2, 0.25) is 0 Å². The fourth-order valence-electron chi connectivity index (χ4n) is 1.74. The quantitative estimate of drug-likeness (QED) is 0.861. The molecule has 2 rings (SSSR count). The van der Waals surface area contributed by atoms with Gasteiger partial charge in [0.1, 0.15) is 17.4 Å². The van der Waals surface area contributed by atoms with Crippen LogP contribution in [0.4, 0.5) is 5.82 Å². The monoisotopic (exact) mass is 247 g/mol. The number of aliphatic hydroxyl groups is 1. The minimum absolute atomic E-state index is 0.0501. The molecular weight excluding hydrogens is 230 g/mol. The maximum absolute atomic E-state index is 9.11.